The highest BCUT2D eigenvalue weighted by atomic mass is 32.1. The van der Waals surface area contributed by atoms with Crippen LogP contribution in [0.25, 0.3) is 10.2 Å². The Kier molecular flexibility index (Phi) is 3.03. The van der Waals surface area contributed by atoms with Gasteiger partial charge in [-0.1, -0.05) is 11.3 Å². The quantitative estimate of drug-likeness (QED) is 0.773. The molecule has 3 rings (SSSR count). The van der Waals surface area contributed by atoms with Gasteiger partial charge in [-0.3, -0.25) is 4.79 Å². The second-order valence-corrected chi connectivity index (χ2v) is 5.01. The number of carbonyl (C=O) groups excluding carboxylic acids is 1. The van der Waals surface area contributed by atoms with E-state index in [0.717, 1.165) is 4.70 Å². The summed E-state index contributed by atoms with van der Waals surface area (Å²) in [6.07, 6.45) is 1.45. The van der Waals surface area contributed by atoms with Crippen molar-refractivity contribution in [2.45, 2.75) is 0 Å². The van der Waals surface area contributed by atoms with Crippen molar-refractivity contribution < 1.29 is 13.9 Å². The molecule has 0 radical (unpaired) electrons. The molecule has 7 heteroatoms. The third-order valence-electron chi connectivity index (χ3n) is 2.74. The Bertz CT molecular complexity index is 765. The van der Waals surface area contributed by atoms with Gasteiger partial charge in [0.25, 0.3) is 5.91 Å². The standard InChI is InChI=1S/C13H11N3O3S/c1-18-8-5-4-7(11-10(8)16-13(14)20-11)15-12(17)9-3-2-6-19-9/h2-6H,1H3,(H2,14,16)(H,15,17). The summed E-state index contributed by atoms with van der Waals surface area (Å²) in [4.78, 5) is 16.2. The maximum Gasteiger partial charge on any atom is 0.291 e. The van der Waals surface area contributed by atoms with E-state index in [9.17, 15) is 4.79 Å². The summed E-state index contributed by atoms with van der Waals surface area (Å²) < 4.78 is 11.1. The second kappa shape index (κ2) is 4.86. The predicted molar refractivity (Wildman–Crippen MR) is 77.2 cm³/mol. The Morgan fingerprint density at radius 3 is 3.00 bits per heavy atom. The van der Waals surface area contributed by atoms with Gasteiger partial charge in [0.15, 0.2) is 10.9 Å². The fourth-order valence-electron chi connectivity index (χ4n) is 1.85. The number of aromatic nitrogens is 1. The molecule has 3 N–H and O–H groups in total. The number of hydrogen-bond acceptors (Lipinski definition) is 6. The molecule has 1 amide bonds. The fourth-order valence-corrected chi connectivity index (χ4v) is 2.67. The summed E-state index contributed by atoms with van der Waals surface area (Å²) in [6, 6.07) is 6.74. The molecule has 0 unspecified atom stereocenters. The van der Waals surface area contributed by atoms with Gasteiger partial charge in [-0.05, 0) is 24.3 Å². The molecular weight excluding hydrogens is 278 g/mol. The molecule has 0 saturated heterocycles. The van der Waals surface area contributed by atoms with Crippen molar-refractivity contribution in [3.8, 4) is 5.75 Å². The topological polar surface area (TPSA) is 90.4 Å². The van der Waals surface area contributed by atoms with Crippen LogP contribution in [0.4, 0.5) is 10.8 Å². The summed E-state index contributed by atoms with van der Waals surface area (Å²) in [7, 11) is 1.56. The van der Waals surface area contributed by atoms with Gasteiger partial charge >= 0.3 is 0 Å². The molecule has 0 aliphatic carbocycles. The number of nitrogen functional groups attached to an aromatic ring is 1. The zero-order valence-electron chi connectivity index (χ0n) is 10.5. The van der Waals surface area contributed by atoms with Gasteiger partial charge in [0.05, 0.1) is 23.8 Å². The first-order valence-electron chi connectivity index (χ1n) is 5.77. The SMILES string of the molecule is COc1ccc(NC(=O)c2ccco2)c2sc(N)nc12. The molecule has 0 saturated carbocycles. The molecule has 2 heterocycles. The number of hydrogen-bond donors (Lipinski definition) is 2. The van der Waals surface area contributed by atoms with Crippen LogP contribution in [0.3, 0.4) is 0 Å². The van der Waals surface area contributed by atoms with Crippen molar-refractivity contribution in [1.82, 2.24) is 4.98 Å². The van der Waals surface area contributed by atoms with Gasteiger partial charge in [0.2, 0.25) is 0 Å². The van der Waals surface area contributed by atoms with Crippen molar-refractivity contribution in [1.29, 1.82) is 0 Å². The van der Waals surface area contributed by atoms with Crippen molar-refractivity contribution >= 4 is 38.3 Å². The Morgan fingerprint density at radius 2 is 2.30 bits per heavy atom. The van der Waals surface area contributed by atoms with Crippen LogP contribution in [0.15, 0.2) is 34.9 Å². The number of fused-ring (bicyclic) bond motifs is 1. The van der Waals surface area contributed by atoms with Gasteiger partial charge in [-0.2, -0.15) is 0 Å². The van der Waals surface area contributed by atoms with Crippen LogP contribution in [-0.2, 0) is 0 Å². The summed E-state index contributed by atoms with van der Waals surface area (Å²) in [5.41, 5.74) is 6.98. The number of benzene rings is 1. The fraction of sp³-hybridized carbons (Fsp3) is 0.0769. The number of nitrogens with two attached hydrogens (primary N) is 1. The highest BCUT2D eigenvalue weighted by molar-refractivity contribution is 7.22. The largest absolute Gasteiger partial charge is 0.494 e. The number of methoxy groups -OCH3 is 1. The summed E-state index contributed by atoms with van der Waals surface area (Å²) >= 11 is 1.29. The third-order valence-corrected chi connectivity index (χ3v) is 3.65. The number of thiazole rings is 1. The zero-order valence-corrected chi connectivity index (χ0v) is 11.4. The van der Waals surface area contributed by atoms with E-state index >= 15 is 0 Å². The first-order chi connectivity index (χ1) is 9.69. The van der Waals surface area contributed by atoms with Gasteiger partial charge in [-0.15, -0.1) is 0 Å². The number of nitrogens with zero attached hydrogens (tertiary/aromatic N) is 1. The Morgan fingerprint density at radius 1 is 1.45 bits per heavy atom. The number of ether oxygens (including phenoxy) is 1. The van der Waals surface area contributed by atoms with Gasteiger partial charge in [-0.25, -0.2) is 4.98 Å². The molecule has 2 aromatic heterocycles. The van der Waals surface area contributed by atoms with Gasteiger partial charge in [0, 0.05) is 0 Å². The molecule has 102 valence electrons. The van der Waals surface area contributed by atoms with E-state index in [1.807, 2.05) is 0 Å². The summed E-state index contributed by atoms with van der Waals surface area (Å²) in [5, 5.41) is 3.19. The molecule has 6 nitrogen and oxygen atoms in total. The molecule has 0 aliphatic heterocycles. The molecule has 0 spiro atoms. The first-order valence-corrected chi connectivity index (χ1v) is 6.58. The molecule has 20 heavy (non-hydrogen) atoms. The minimum absolute atomic E-state index is 0.242. The Hall–Kier alpha value is -2.54. The second-order valence-electron chi connectivity index (χ2n) is 3.98. The summed E-state index contributed by atoms with van der Waals surface area (Å²) in [5.74, 6) is 0.531. The summed E-state index contributed by atoms with van der Waals surface area (Å²) in [6.45, 7) is 0. The molecular formula is C13H11N3O3S. The molecule has 3 aromatic rings. The molecule has 1 aromatic carbocycles. The Labute approximate surface area is 118 Å². The lowest BCUT2D eigenvalue weighted by molar-refractivity contribution is 0.0997. The number of furan rings is 1. The lowest BCUT2D eigenvalue weighted by Gasteiger charge is -2.06. The van der Waals surface area contributed by atoms with E-state index < -0.39 is 0 Å². The van der Waals surface area contributed by atoms with Crippen LogP contribution < -0.4 is 15.8 Å². The van der Waals surface area contributed by atoms with Crippen LogP contribution in [0.1, 0.15) is 10.6 Å². The number of carbonyl (C=O) groups is 1. The lowest BCUT2D eigenvalue weighted by Crippen LogP contribution is -2.10. The smallest absolute Gasteiger partial charge is 0.291 e. The molecule has 0 atom stereocenters. The van der Waals surface area contributed by atoms with E-state index in [2.05, 4.69) is 10.3 Å². The highest BCUT2D eigenvalue weighted by Gasteiger charge is 2.15. The minimum Gasteiger partial charge on any atom is -0.494 e. The molecule has 0 aliphatic rings. The van der Waals surface area contributed by atoms with E-state index in [-0.39, 0.29) is 11.7 Å². The first kappa shape index (κ1) is 12.5. The van der Waals surface area contributed by atoms with E-state index in [0.29, 0.717) is 22.1 Å². The molecule has 0 fully saturated rings. The van der Waals surface area contributed by atoms with Crippen LogP contribution in [0.5, 0.6) is 5.75 Å². The number of rotatable bonds is 3. The van der Waals surface area contributed by atoms with Crippen molar-refractivity contribution in [3.05, 3.63) is 36.3 Å². The maximum absolute atomic E-state index is 12.0. The van der Waals surface area contributed by atoms with Crippen LogP contribution in [0.2, 0.25) is 0 Å². The average Bonchev–Trinajstić information content (AvgIpc) is 3.07. The van der Waals surface area contributed by atoms with Crippen molar-refractivity contribution in [2.24, 2.45) is 0 Å². The molecule has 0 bridgehead atoms. The monoisotopic (exact) mass is 289 g/mol. The predicted octanol–water partition coefficient (Wildman–Crippen LogP) is 2.73. The maximum atomic E-state index is 12.0. The average molecular weight is 289 g/mol. The number of anilines is 2. The van der Waals surface area contributed by atoms with E-state index in [4.69, 9.17) is 14.9 Å². The lowest BCUT2D eigenvalue weighted by atomic mass is 10.2. The number of amides is 1. The van der Waals surface area contributed by atoms with Crippen LogP contribution in [0, 0.1) is 0 Å². The normalized spacial score (nSPS) is 10.7. The Balaban J connectivity index is 2.02. The van der Waals surface area contributed by atoms with Crippen molar-refractivity contribution in [3.63, 3.8) is 0 Å². The highest BCUT2D eigenvalue weighted by Crippen LogP contribution is 2.36. The number of nitrogens with one attached hydrogen (secondary N) is 1. The zero-order chi connectivity index (χ0) is 14.1. The van der Waals surface area contributed by atoms with Gasteiger partial charge in [0.1, 0.15) is 11.3 Å². The van der Waals surface area contributed by atoms with Gasteiger partial charge < -0.3 is 20.2 Å². The van der Waals surface area contributed by atoms with E-state index in [1.54, 1.807) is 31.4 Å². The van der Waals surface area contributed by atoms with Crippen molar-refractivity contribution in [2.75, 3.05) is 18.2 Å². The van der Waals surface area contributed by atoms with E-state index in [1.165, 1.54) is 17.6 Å². The third kappa shape index (κ3) is 2.08. The van der Waals surface area contributed by atoms with Crippen LogP contribution >= 0.6 is 11.3 Å². The minimum atomic E-state index is -0.326. The van der Waals surface area contributed by atoms with Crippen LogP contribution in [-0.4, -0.2) is 18.0 Å².